The Kier molecular flexibility index (Phi) is 3.82. The molecule has 1 aromatic rings. The molecule has 2 bridgehead atoms. The molecular weight excluding hydrogens is 254 g/mol. The van der Waals surface area contributed by atoms with E-state index in [2.05, 4.69) is 22.1 Å². The molecule has 2 aliphatic heterocycles. The molecule has 112 valence electrons. The maximum absolute atomic E-state index is 9.89. The zero-order valence-corrected chi connectivity index (χ0v) is 12.6. The van der Waals surface area contributed by atoms with Crippen molar-refractivity contribution < 1.29 is 9.63 Å². The lowest BCUT2D eigenvalue weighted by atomic mass is 9.90. The summed E-state index contributed by atoms with van der Waals surface area (Å²) < 4.78 is 5.32. The van der Waals surface area contributed by atoms with Gasteiger partial charge in [-0.2, -0.15) is 4.98 Å². The molecule has 2 fully saturated rings. The maximum atomic E-state index is 9.89. The van der Waals surface area contributed by atoms with Gasteiger partial charge in [0.1, 0.15) is 0 Å². The van der Waals surface area contributed by atoms with Crippen LogP contribution in [0.1, 0.15) is 57.2 Å². The van der Waals surface area contributed by atoms with Gasteiger partial charge in [-0.15, -0.1) is 0 Å². The van der Waals surface area contributed by atoms with Gasteiger partial charge in [-0.05, 0) is 38.6 Å². The highest BCUT2D eigenvalue weighted by Gasteiger charge is 2.40. The molecule has 1 aromatic heterocycles. The van der Waals surface area contributed by atoms with Crippen LogP contribution in [0.4, 0.5) is 0 Å². The molecule has 0 radical (unpaired) electrons. The van der Waals surface area contributed by atoms with E-state index in [1.54, 1.807) is 0 Å². The summed E-state index contributed by atoms with van der Waals surface area (Å²) >= 11 is 0. The van der Waals surface area contributed by atoms with E-state index < -0.39 is 6.10 Å². The van der Waals surface area contributed by atoms with E-state index in [0.717, 1.165) is 18.7 Å². The Morgan fingerprint density at radius 1 is 1.30 bits per heavy atom. The van der Waals surface area contributed by atoms with E-state index >= 15 is 0 Å². The topological polar surface area (TPSA) is 62.4 Å². The van der Waals surface area contributed by atoms with Gasteiger partial charge >= 0.3 is 0 Å². The first-order chi connectivity index (χ1) is 9.54. The summed E-state index contributed by atoms with van der Waals surface area (Å²) in [6, 6.07) is 1.36. The minimum Gasteiger partial charge on any atom is -0.392 e. The van der Waals surface area contributed by atoms with Crippen LogP contribution >= 0.6 is 0 Å². The number of hydrogen-bond donors (Lipinski definition) is 1. The van der Waals surface area contributed by atoms with Gasteiger partial charge in [0.25, 0.3) is 0 Å². The summed E-state index contributed by atoms with van der Waals surface area (Å²) in [4.78, 5) is 7.04. The van der Waals surface area contributed by atoms with Gasteiger partial charge in [0.2, 0.25) is 5.89 Å². The number of aliphatic hydroxyl groups excluding tert-OH is 1. The maximum Gasteiger partial charge on any atom is 0.229 e. The van der Waals surface area contributed by atoms with Crippen LogP contribution in [0.2, 0.25) is 0 Å². The molecule has 0 aromatic carbocycles. The van der Waals surface area contributed by atoms with E-state index in [9.17, 15) is 5.11 Å². The lowest BCUT2D eigenvalue weighted by Gasteiger charge is -2.34. The van der Waals surface area contributed by atoms with Crippen molar-refractivity contribution >= 4 is 0 Å². The van der Waals surface area contributed by atoms with Crippen molar-refractivity contribution in [1.82, 2.24) is 15.0 Å². The normalized spacial score (nSPS) is 31.9. The fourth-order valence-corrected chi connectivity index (χ4v) is 3.55. The Labute approximate surface area is 120 Å². The fraction of sp³-hybridized carbons (Fsp3) is 0.867. The molecule has 3 rings (SSSR count). The molecule has 0 aliphatic carbocycles. The Morgan fingerprint density at radius 2 is 1.95 bits per heavy atom. The zero-order valence-electron chi connectivity index (χ0n) is 12.6. The minimum absolute atomic E-state index is 0.213. The van der Waals surface area contributed by atoms with Crippen LogP contribution < -0.4 is 0 Å². The Balaban J connectivity index is 1.65. The minimum atomic E-state index is -0.406. The quantitative estimate of drug-likeness (QED) is 0.913. The number of hydrogen-bond acceptors (Lipinski definition) is 5. The molecule has 0 saturated carbocycles. The van der Waals surface area contributed by atoms with Crippen molar-refractivity contribution in [2.75, 3.05) is 7.05 Å². The molecule has 5 heteroatoms. The molecule has 0 amide bonds. The number of rotatable bonds is 4. The summed E-state index contributed by atoms with van der Waals surface area (Å²) in [6.45, 7) is 3.99. The lowest BCUT2D eigenvalue weighted by molar-refractivity contribution is 0.116. The van der Waals surface area contributed by atoms with Crippen molar-refractivity contribution in [1.29, 1.82) is 0 Å². The van der Waals surface area contributed by atoms with Crippen molar-refractivity contribution in [3.63, 3.8) is 0 Å². The number of piperidine rings is 1. The van der Waals surface area contributed by atoms with Gasteiger partial charge in [-0.25, -0.2) is 0 Å². The summed E-state index contributed by atoms with van der Waals surface area (Å²) in [5.74, 6) is 2.07. The fourth-order valence-electron chi connectivity index (χ4n) is 3.55. The number of aliphatic hydroxyl groups is 1. The lowest BCUT2D eigenvalue weighted by Crippen LogP contribution is -2.39. The first kappa shape index (κ1) is 14.0. The molecule has 5 nitrogen and oxygen atoms in total. The second-order valence-electron chi connectivity index (χ2n) is 6.78. The van der Waals surface area contributed by atoms with E-state index in [1.807, 2.05) is 13.8 Å². The van der Waals surface area contributed by atoms with Crippen molar-refractivity contribution in [3.05, 3.63) is 11.7 Å². The van der Waals surface area contributed by atoms with Crippen LogP contribution in [0, 0.1) is 5.92 Å². The van der Waals surface area contributed by atoms with Crippen LogP contribution in [0.15, 0.2) is 4.52 Å². The average molecular weight is 279 g/mol. The highest BCUT2D eigenvalue weighted by atomic mass is 16.5. The van der Waals surface area contributed by atoms with Crippen LogP contribution in [0.3, 0.4) is 0 Å². The van der Waals surface area contributed by atoms with Crippen LogP contribution in [-0.2, 0) is 6.42 Å². The Hall–Kier alpha value is -0.940. The Morgan fingerprint density at radius 3 is 2.55 bits per heavy atom. The van der Waals surface area contributed by atoms with E-state index in [1.165, 1.54) is 12.8 Å². The van der Waals surface area contributed by atoms with Gasteiger partial charge < -0.3 is 14.5 Å². The molecule has 2 aliphatic rings. The molecular formula is C15H25N3O2. The van der Waals surface area contributed by atoms with Gasteiger partial charge in [0, 0.05) is 18.0 Å². The second-order valence-corrected chi connectivity index (χ2v) is 6.78. The van der Waals surface area contributed by atoms with E-state index in [-0.39, 0.29) is 5.92 Å². The number of nitrogens with zero attached hydrogens (tertiary/aromatic N) is 3. The molecule has 3 heterocycles. The summed E-state index contributed by atoms with van der Waals surface area (Å²) in [6.07, 6.45) is 4.93. The number of aromatic nitrogens is 2. The molecule has 0 spiro atoms. The largest absolute Gasteiger partial charge is 0.392 e. The molecule has 20 heavy (non-hydrogen) atoms. The number of fused-ring (bicyclic) bond motifs is 2. The predicted octanol–water partition coefficient (Wildman–Crippen LogP) is 1.97. The van der Waals surface area contributed by atoms with Crippen LogP contribution in [0.5, 0.6) is 0 Å². The van der Waals surface area contributed by atoms with E-state index in [4.69, 9.17) is 4.52 Å². The average Bonchev–Trinajstić information content (AvgIpc) is 2.92. The van der Waals surface area contributed by atoms with Gasteiger partial charge in [0.05, 0.1) is 12.5 Å². The Bertz CT molecular complexity index is 446. The van der Waals surface area contributed by atoms with Crippen LogP contribution in [0.25, 0.3) is 0 Å². The zero-order chi connectivity index (χ0) is 14.3. The molecule has 2 saturated heterocycles. The van der Waals surface area contributed by atoms with Crippen molar-refractivity contribution in [2.45, 2.75) is 70.1 Å². The van der Waals surface area contributed by atoms with Crippen molar-refractivity contribution in [2.24, 2.45) is 5.92 Å². The molecule has 3 atom stereocenters. The van der Waals surface area contributed by atoms with Gasteiger partial charge in [-0.3, -0.25) is 0 Å². The predicted molar refractivity (Wildman–Crippen MR) is 75.4 cm³/mol. The van der Waals surface area contributed by atoms with Gasteiger partial charge in [-0.1, -0.05) is 19.0 Å². The van der Waals surface area contributed by atoms with Crippen LogP contribution in [-0.4, -0.2) is 45.4 Å². The highest BCUT2D eigenvalue weighted by Crippen LogP contribution is 2.41. The van der Waals surface area contributed by atoms with Crippen molar-refractivity contribution in [3.8, 4) is 0 Å². The summed E-state index contributed by atoms with van der Waals surface area (Å²) in [5, 5.41) is 14.1. The summed E-state index contributed by atoms with van der Waals surface area (Å²) in [7, 11) is 2.24. The SMILES string of the molecule is CC(C)C(O)Cc1nc(C2CC3CCC(C2)N3C)no1. The highest BCUT2D eigenvalue weighted by molar-refractivity contribution is 5.05. The van der Waals surface area contributed by atoms with Gasteiger partial charge in [0.15, 0.2) is 5.82 Å². The third-order valence-corrected chi connectivity index (χ3v) is 5.10. The van der Waals surface area contributed by atoms with E-state index in [0.29, 0.717) is 30.3 Å². The summed E-state index contributed by atoms with van der Waals surface area (Å²) in [5.41, 5.74) is 0. The third-order valence-electron chi connectivity index (χ3n) is 5.10. The first-order valence-corrected chi connectivity index (χ1v) is 7.77. The molecule has 3 unspecified atom stereocenters. The standard InChI is InChI=1S/C15H25N3O2/c1-9(2)13(19)8-14-16-15(17-20-14)10-6-11-4-5-12(7-10)18(11)3/h9-13,19H,4-8H2,1-3H3. The third kappa shape index (κ3) is 2.61. The molecule has 1 N–H and O–H groups in total. The monoisotopic (exact) mass is 279 g/mol. The smallest absolute Gasteiger partial charge is 0.229 e. The first-order valence-electron chi connectivity index (χ1n) is 7.77. The second kappa shape index (κ2) is 5.45.